The number of likely N-dealkylation sites (N-methyl/N-ethyl adjacent to an activating group) is 1. The Balaban J connectivity index is 4.00. The van der Waals surface area contributed by atoms with Crippen molar-refractivity contribution in [1.82, 2.24) is 4.90 Å². The number of carbonyl (C=O) groups is 2. The van der Waals surface area contributed by atoms with Gasteiger partial charge in [-0.2, -0.15) is 0 Å². The van der Waals surface area contributed by atoms with Crippen LogP contribution in [0, 0.1) is 11.8 Å². The summed E-state index contributed by atoms with van der Waals surface area (Å²) < 4.78 is 10.7. The highest BCUT2D eigenvalue weighted by Crippen LogP contribution is 2.14. The molecule has 1 amide bonds. The summed E-state index contributed by atoms with van der Waals surface area (Å²) in [5.41, 5.74) is 0. The van der Waals surface area contributed by atoms with E-state index in [9.17, 15) is 9.59 Å². The van der Waals surface area contributed by atoms with Gasteiger partial charge in [0.1, 0.15) is 6.04 Å². The smallest absolute Gasteiger partial charge is 0.410 e. The van der Waals surface area contributed by atoms with Crippen LogP contribution in [0.4, 0.5) is 4.79 Å². The number of amides is 1. The molecule has 1 unspecified atom stereocenters. The minimum absolute atomic E-state index is 0.0307. The summed E-state index contributed by atoms with van der Waals surface area (Å²) in [4.78, 5) is 26.0. The number of rotatable bonds is 16. The fourth-order valence-corrected chi connectivity index (χ4v) is 3.18. The Labute approximate surface area is 173 Å². The molecule has 0 aromatic heterocycles. The predicted octanol–water partition coefficient (Wildman–Crippen LogP) is 6.20. The fourth-order valence-electron chi connectivity index (χ4n) is 3.18. The number of hydrogen-bond donors (Lipinski definition) is 0. The van der Waals surface area contributed by atoms with Gasteiger partial charge in [0.05, 0.1) is 13.2 Å². The molecule has 0 radical (unpaired) electrons. The Hall–Kier alpha value is -1.26. The zero-order chi connectivity index (χ0) is 21.4. The second-order valence-electron chi connectivity index (χ2n) is 8.62. The fraction of sp³-hybridized carbons (Fsp3) is 0.913. The van der Waals surface area contributed by atoms with Crippen molar-refractivity contribution in [3.05, 3.63) is 0 Å². The molecule has 0 aliphatic heterocycles. The van der Waals surface area contributed by atoms with Gasteiger partial charge in [-0.25, -0.2) is 9.59 Å². The topological polar surface area (TPSA) is 55.8 Å². The first-order valence-electron chi connectivity index (χ1n) is 11.4. The van der Waals surface area contributed by atoms with Crippen LogP contribution in [0.25, 0.3) is 0 Å². The van der Waals surface area contributed by atoms with Gasteiger partial charge >= 0.3 is 12.1 Å². The molecule has 5 heteroatoms. The molecule has 0 aliphatic carbocycles. The van der Waals surface area contributed by atoms with E-state index in [1.54, 1.807) is 7.05 Å². The molecule has 0 fully saturated rings. The van der Waals surface area contributed by atoms with Crippen LogP contribution < -0.4 is 0 Å². The van der Waals surface area contributed by atoms with Gasteiger partial charge < -0.3 is 9.47 Å². The lowest BCUT2D eigenvalue weighted by atomic mass is 10.0. The van der Waals surface area contributed by atoms with Gasteiger partial charge in [-0.15, -0.1) is 0 Å². The summed E-state index contributed by atoms with van der Waals surface area (Å²) in [5.74, 6) is -0.107. The molecule has 5 nitrogen and oxygen atoms in total. The first-order chi connectivity index (χ1) is 13.3. The highest BCUT2D eigenvalue weighted by molar-refractivity contribution is 5.81. The minimum Gasteiger partial charge on any atom is -0.464 e. The molecule has 1 atom stereocenters. The number of nitrogens with zero attached hydrogens (tertiary/aromatic N) is 1. The van der Waals surface area contributed by atoms with Gasteiger partial charge in [0.2, 0.25) is 0 Å². The standard InChI is InChI=1S/C23H45NO4/c1-7-8-9-10-11-12-13-14-15-16-17-27-22(25)21(20(4)5)24(6)23(26)28-18-19(2)3/h19-21H,7-18H2,1-6H3. The monoisotopic (exact) mass is 399 g/mol. The van der Waals surface area contributed by atoms with Crippen molar-refractivity contribution < 1.29 is 19.1 Å². The largest absolute Gasteiger partial charge is 0.464 e. The number of ether oxygens (including phenoxy) is 2. The van der Waals surface area contributed by atoms with Crippen molar-refractivity contribution in [2.75, 3.05) is 20.3 Å². The number of carbonyl (C=O) groups excluding carboxylic acids is 2. The first-order valence-corrected chi connectivity index (χ1v) is 11.4. The van der Waals surface area contributed by atoms with Crippen LogP contribution in [0.15, 0.2) is 0 Å². The van der Waals surface area contributed by atoms with Crippen LogP contribution in [0.1, 0.15) is 98.8 Å². The van der Waals surface area contributed by atoms with E-state index in [1.165, 1.54) is 56.3 Å². The molecular weight excluding hydrogens is 354 g/mol. The Bertz CT molecular complexity index is 409. The molecule has 0 aromatic carbocycles. The van der Waals surface area contributed by atoms with E-state index in [0.29, 0.717) is 13.2 Å². The Morgan fingerprint density at radius 3 is 1.75 bits per heavy atom. The molecule has 0 aliphatic rings. The van der Waals surface area contributed by atoms with Crippen LogP contribution in [0.3, 0.4) is 0 Å². The van der Waals surface area contributed by atoms with Crippen molar-refractivity contribution in [3.8, 4) is 0 Å². The lowest BCUT2D eigenvalue weighted by molar-refractivity contribution is -0.150. The summed E-state index contributed by atoms with van der Waals surface area (Å²) in [5, 5.41) is 0. The molecule has 0 heterocycles. The lowest BCUT2D eigenvalue weighted by Crippen LogP contribution is -2.47. The summed E-state index contributed by atoms with van der Waals surface area (Å²) >= 11 is 0. The van der Waals surface area contributed by atoms with Gasteiger partial charge in [0.25, 0.3) is 0 Å². The van der Waals surface area contributed by atoms with Gasteiger partial charge in [-0.1, -0.05) is 92.4 Å². The Morgan fingerprint density at radius 1 is 0.786 bits per heavy atom. The average Bonchev–Trinajstić information content (AvgIpc) is 2.63. The van der Waals surface area contributed by atoms with Crippen LogP contribution in [-0.4, -0.2) is 43.3 Å². The van der Waals surface area contributed by atoms with Crippen molar-refractivity contribution in [2.45, 2.75) is 105 Å². The molecule has 0 spiro atoms. The molecule has 0 bridgehead atoms. The van der Waals surface area contributed by atoms with E-state index < -0.39 is 12.1 Å². The second-order valence-corrected chi connectivity index (χ2v) is 8.62. The molecule has 166 valence electrons. The van der Waals surface area contributed by atoms with Crippen molar-refractivity contribution >= 4 is 12.1 Å². The van der Waals surface area contributed by atoms with Gasteiger partial charge in [-0.3, -0.25) is 4.90 Å². The number of esters is 1. The SMILES string of the molecule is CCCCCCCCCCCCOC(=O)C(C(C)C)N(C)C(=O)OCC(C)C. The average molecular weight is 400 g/mol. The van der Waals surface area contributed by atoms with Crippen molar-refractivity contribution in [1.29, 1.82) is 0 Å². The summed E-state index contributed by atoms with van der Waals surface area (Å²) in [7, 11) is 1.61. The molecule has 0 aromatic rings. The molecule has 0 rings (SSSR count). The maximum Gasteiger partial charge on any atom is 0.410 e. The third-order valence-corrected chi connectivity index (χ3v) is 4.86. The zero-order valence-corrected chi connectivity index (χ0v) is 19.3. The summed E-state index contributed by atoms with van der Waals surface area (Å²) in [6.07, 6.45) is 12.0. The van der Waals surface area contributed by atoms with Gasteiger partial charge in [0.15, 0.2) is 0 Å². The molecule has 28 heavy (non-hydrogen) atoms. The zero-order valence-electron chi connectivity index (χ0n) is 19.3. The van der Waals surface area contributed by atoms with Gasteiger partial charge in [-0.05, 0) is 18.3 Å². The van der Waals surface area contributed by atoms with Crippen LogP contribution in [0.2, 0.25) is 0 Å². The normalized spacial score (nSPS) is 12.3. The molecule has 0 saturated heterocycles. The van der Waals surface area contributed by atoms with E-state index >= 15 is 0 Å². The van der Waals surface area contributed by atoms with E-state index in [4.69, 9.17) is 9.47 Å². The molecular formula is C23H45NO4. The van der Waals surface area contributed by atoms with Crippen LogP contribution in [0.5, 0.6) is 0 Å². The summed E-state index contributed by atoms with van der Waals surface area (Å²) in [6.45, 7) is 10.8. The third kappa shape index (κ3) is 13.0. The third-order valence-electron chi connectivity index (χ3n) is 4.86. The van der Waals surface area contributed by atoms with Crippen LogP contribution in [-0.2, 0) is 14.3 Å². The predicted molar refractivity (Wildman–Crippen MR) is 115 cm³/mol. The van der Waals surface area contributed by atoms with E-state index in [-0.39, 0.29) is 17.8 Å². The van der Waals surface area contributed by atoms with Crippen molar-refractivity contribution in [2.24, 2.45) is 11.8 Å². The quantitative estimate of drug-likeness (QED) is 0.229. The maximum absolute atomic E-state index is 12.5. The lowest BCUT2D eigenvalue weighted by Gasteiger charge is -2.29. The Morgan fingerprint density at radius 2 is 1.29 bits per heavy atom. The highest BCUT2D eigenvalue weighted by atomic mass is 16.6. The highest BCUT2D eigenvalue weighted by Gasteiger charge is 2.32. The summed E-state index contributed by atoms with van der Waals surface area (Å²) in [6, 6.07) is -0.609. The second kappa shape index (κ2) is 16.7. The van der Waals surface area contributed by atoms with E-state index in [1.807, 2.05) is 27.7 Å². The number of unbranched alkanes of at least 4 members (excludes halogenated alkanes) is 9. The maximum atomic E-state index is 12.5. The molecule has 0 saturated carbocycles. The first kappa shape index (κ1) is 26.7. The minimum atomic E-state index is -0.609. The Kier molecular flexibility index (Phi) is 15.9. The van der Waals surface area contributed by atoms with E-state index in [0.717, 1.165) is 12.8 Å². The van der Waals surface area contributed by atoms with E-state index in [2.05, 4.69) is 6.92 Å². The van der Waals surface area contributed by atoms with Crippen LogP contribution >= 0.6 is 0 Å². The molecule has 0 N–H and O–H groups in total. The van der Waals surface area contributed by atoms with Gasteiger partial charge in [0, 0.05) is 7.05 Å². The number of hydrogen-bond acceptors (Lipinski definition) is 4. The van der Waals surface area contributed by atoms with Crippen molar-refractivity contribution in [3.63, 3.8) is 0 Å².